The van der Waals surface area contributed by atoms with Crippen LogP contribution in [0.1, 0.15) is 16.7 Å². The maximum atomic E-state index is 13.0. The van der Waals surface area contributed by atoms with Gasteiger partial charge in [-0.15, -0.1) is 13.2 Å². The highest BCUT2D eigenvalue weighted by atomic mass is 79.9. The van der Waals surface area contributed by atoms with Crippen LogP contribution in [0.5, 0.6) is 11.5 Å². The second-order valence-electron chi connectivity index (χ2n) is 7.55. The van der Waals surface area contributed by atoms with Crippen LogP contribution in [0, 0.1) is 0 Å². The van der Waals surface area contributed by atoms with Crippen LogP contribution in [-0.2, 0) is 29.4 Å². The standard InChI is InChI=1S/C24H23BrF3NO4S/c1-29(16-18-6-10-20(32-2)11-7-18)34(30,31)22-14-9-19(23(25)15-22)8-3-17-4-12-21(13-5-17)33-24(26,27)28/h4-7,9-15H,3,8,16H2,1-2H3. The van der Waals surface area contributed by atoms with E-state index in [4.69, 9.17) is 4.74 Å². The number of methoxy groups -OCH3 is 1. The molecule has 0 atom stereocenters. The Morgan fingerprint density at radius 3 is 2.03 bits per heavy atom. The monoisotopic (exact) mass is 557 g/mol. The summed E-state index contributed by atoms with van der Waals surface area (Å²) in [5.74, 6) is 0.421. The van der Waals surface area contributed by atoms with Crippen LogP contribution in [-0.4, -0.2) is 33.2 Å². The van der Waals surface area contributed by atoms with E-state index >= 15 is 0 Å². The maximum Gasteiger partial charge on any atom is 0.573 e. The lowest BCUT2D eigenvalue weighted by Crippen LogP contribution is -2.26. The number of hydrogen-bond donors (Lipinski definition) is 0. The van der Waals surface area contributed by atoms with E-state index in [1.54, 1.807) is 49.6 Å². The molecule has 0 saturated heterocycles. The Morgan fingerprint density at radius 1 is 0.882 bits per heavy atom. The number of aryl methyl sites for hydroxylation is 2. The number of hydrogen-bond acceptors (Lipinski definition) is 4. The van der Waals surface area contributed by atoms with E-state index in [1.807, 2.05) is 12.1 Å². The van der Waals surface area contributed by atoms with Crippen molar-refractivity contribution in [1.82, 2.24) is 4.31 Å². The van der Waals surface area contributed by atoms with Crippen LogP contribution < -0.4 is 9.47 Å². The van der Waals surface area contributed by atoms with Gasteiger partial charge in [0.1, 0.15) is 11.5 Å². The molecule has 3 aromatic rings. The van der Waals surface area contributed by atoms with Crippen molar-refractivity contribution in [2.24, 2.45) is 0 Å². The normalized spacial score (nSPS) is 12.1. The number of ether oxygens (including phenoxy) is 2. The van der Waals surface area contributed by atoms with Crippen LogP contribution in [0.2, 0.25) is 0 Å². The lowest BCUT2D eigenvalue weighted by molar-refractivity contribution is -0.274. The summed E-state index contributed by atoms with van der Waals surface area (Å²) in [6.45, 7) is 0.208. The van der Waals surface area contributed by atoms with Gasteiger partial charge in [-0.2, -0.15) is 4.31 Å². The third-order valence-corrected chi connectivity index (χ3v) is 7.67. The summed E-state index contributed by atoms with van der Waals surface area (Å²) in [5, 5.41) is 0. The SMILES string of the molecule is COc1ccc(CN(C)S(=O)(=O)c2ccc(CCc3ccc(OC(F)(F)F)cc3)c(Br)c2)cc1. The maximum absolute atomic E-state index is 13.0. The third-order valence-electron chi connectivity index (χ3n) is 5.14. The van der Waals surface area contributed by atoms with E-state index in [2.05, 4.69) is 20.7 Å². The van der Waals surface area contributed by atoms with Crippen molar-refractivity contribution in [3.63, 3.8) is 0 Å². The molecule has 5 nitrogen and oxygen atoms in total. The van der Waals surface area contributed by atoms with Gasteiger partial charge in [-0.05, 0) is 65.9 Å². The van der Waals surface area contributed by atoms with Gasteiger partial charge >= 0.3 is 6.36 Å². The lowest BCUT2D eigenvalue weighted by atomic mass is 10.0. The van der Waals surface area contributed by atoms with E-state index in [0.29, 0.717) is 23.1 Å². The third kappa shape index (κ3) is 6.97. The molecule has 0 aromatic heterocycles. The van der Waals surface area contributed by atoms with Gasteiger partial charge in [-0.25, -0.2) is 8.42 Å². The summed E-state index contributed by atoms with van der Waals surface area (Å²) < 4.78 is 73.8. The van der Waals surface area contributed by atoms with Gasteiger partial charge in [0.15, 0.2) is 0 Å². The number of alkyl halides is 3. The molecule has 0 heterocycles. The first-order chi connectivity index (χ1) is 16.0. The van der Waals surface area contributed by atoms with Crippen LogP contribution in [0.4, 0.5) is 13.2 Å². The minimum atomic E-state index is -4.73. The van der Waals surface area contributed by atoms with Gasteiger partial charge in [-0.1, -0.05) is 46.3 Å². The minimum Gasteiger partial charge on any atom is -0.497 e. The van der Waals surface area contributed by atoms with Crippen molar-refractivity contribution in [2.75, 3.05) is 14.2 Å². The van der Waals surface area contributed by atoms with Gasteiger partial charge in [0.25, 0.3) is 0 Å². The number of halogens is 4. The summed E-state index contributed by atoms with van der Waals surface area (Å²) in [6.07, 6.45) is -3.59. The quantitative estimate of drug-likeness (QED) is 0.325. The lowest BCUT2D eigenvalue weighted by Gasteiger charge is -2.18. The molecular weight excluding hydrogens is 535 g/mol. The van der Waals surface area contributed by atoms with Crippen LogP contribution in [0.3, 0.4) is 0 Å². The van der Waals surface area contributed by atoms with Crippen LogP contribution in [0.25, 0.3) is 0 Å². The molecule has 182 valence electrons. The van der Waals surface area contributed by atoms with Crippen molar-refractivity contribution in [3.8, 4) is 11.5 Å². The molecule has 0 aliphatic heterocycles. The van der Waals surface area contributed by atoms with Gasteiger partial charge < -0.3 is 9.47 Å². The molecule has 0 N–H and O–H groups in total. The highest BCUT2D eigenvalue weighted by Gasteiger charge is 2.31. The number of rotatable bonds is 9. The molecule has 0 bridgehead atoms. The largest absolute Gasteiger partial charge is 0.573 e. The molecule has 0 aliphatic carbocycles. The first kappa shape index (κ1) is 26.1. The van der Waals surface area contributed by atoms with E-state index in [9.17, 15) is 21.6 Å². The Labute approximate surface area is 205 Å². The first-order valence-electron chi connectivity index (χ1n) is 10.2. The second kappa shape index (κ2) is 10.8. The first-order valence-corrected chi connectivity index (χ1v) is 12.4. The molecule has 0 fully saturated rings. The number of benzene rings is 3. The van der Waals surface area contributed by atoms with Crippen molar-refractivity contribution in [1.29, 1.82) is 0 Å². The zero-order chi connectivity index (χ0) is 24.9. The fourth-order valence-corrected chi connectivity index (χ4v) is 5.20. The number of nitrogens with zero attached hydrogens (tertiary/aromatic N) is 1. The van der Waals surface area contributed by atoms with Gasteiger partial charge in [0.05, 0.1) is 12.0 Å². The smallest absolute Gasteiger partial charge is 0.497 e. The summed E-state index contributed by atoms with van der Waals surface area (Å²) >= 11 is 3.45. The van der Waals surface area contributed by atoms with Crippen LogP contribution in [0.15, 0.2) is 76.1 Å². The molecule has 0 radical (unpaired) electrons. The zero-order valence-corrected chi connectivity index (χ0v) is 20.9. The summed E-state index contributed by atoms with van der Waals surface area (Å²) in [7, 11) is -0.626. The topological polar surface area (TPSA) is 55.8 Å². The summed E-state index contributed by atoms with van der Waals surface area (Å²) in [6, 6.07) is 17.7. The molecule has 0 aliphatic rings. The molecule has 0 saturated carbocycles. The van der Waals surface area contributed by atoms with E-state index in [0.717, 1.165) is 16.7 Å². The number of sulfonamides is 1. The molecule has 10 heteroatoms. The molecule has 34 heavy (non-hydrogen) atoms. The predicted octanol–water partition coefficient (Wildman–Crippen LogP) is 5.96. The Morgan fingerprint density at radius 2 is 1.47 bits per heavy atom. The molecule has 0 unspecified atom stereocenters. The zero-order valence-electron chi connectivity index (χ0n) is 18.5. The van der Waals surface area contributed by atoms with Crippen molar-refractivity contribution >= 4 is 26.0 Å². The fourth-order valence-electron chi connectivity index (χ4n) is 3.28. The summed E-state index contributed by atoms with van der Waals surface area (Å²) in [5.41, 5.74) is 2.54. The molecular formula is C24H23BrF3NO4S. The van der Waals surface area contributed by atoms with E-state index in [1.165, 1.54) is 23.5 Å². The molecule has 0 spiro atoms. The Bertz CT molecular complexity index is 1210. The van der Waals surface area contributed by atoms with Crippen molar-refractivity contribution in [3.05, 3.63) is 87.9 Å². The van der Waals surface area contributed by atoms with E-state index < -0.39 is 16.4 Å². The summed E-state index contributed by atoms with van der Waals surface area (Å²) in [4.78, 5) is 0.160. The van der Waals surface area contributed by atoms with Gasteiger partial charge in [0.2, 0.25) is 10.0 Å². The molecule has 3 rings (SSSR count). The molecule has 3 aromatic carbocycles. The van der Waals surface area contributed by atoms with E-state index in [-0.39, 0.29) is 17.2 Å². The van der Waals surface area contributed by atoms with Crippen molar-refractivity contribution < 1.29 is 31.1 Å². The highest BCUT2D eigenvalue weighted by molar-refractivity contribution is 9.10. The Kier molecular flexibility index (Phi) is 8.27. The highest BCUT2D eigenvalue weighted by Crippen LogP contribution is 2.27. The van der Waals surface area contributed by atoms with Gasteiger partial charge in [-0.3, -0.25) is 0 Å². The fraction of sp³-hybridized carbons (Fsp3) is 0.250. The Hall–Kier alpha value is -2.56. The molecule has 0 amide bonds. The van der Waals surface area contributed by atoms with Crippen molar-refractivity contribution in [2.45, 2.75) is 30.6 Å². The Balaban J connectivity index is 1.65. The average Bonchev–Trinajstić information content (AvgIpc) is 2.78. The predicted molar refractivity (Wildman–Crippen MR) is 126 cm³/mol. The second-order valence-corrected chi connectivity index (χ2v) is 10.5. The average molecular weight is 558 g/mol. The van der Waals surface area contributed by atoms with Crippen LogP contribution >= 0.6 is 15.9 Å². The minimum absolute atomic E-state index is 0.160. The van der Waals surface area contributed by atoms with Gasteiger partial charge in [0, 0.05) is 18.1 Å².